The summed E-state index contributed by atoms with van der Waals surface area (Å²) >= 11 is 0. The molecule has 2 aromatic carbocycles. The van der Waals surface area contributed by atoms with Crippen molar-refractivity contribution < 1.29 is 28.5 Å². The Morgan fingerprint density at radius 2 is 1.79 bits per heavy atom. The van der Waals surface area contributed by atoms with Crippen LogP contribution in [0.1, 0.15) is 29.2 Å². The summed E-state index contributed by atoms with van der Waals surface area (Å²) in [6.07, 6.45) is 0.511. The van der Waals surface area contributed by atoms with E-state index >= 15 is 0 Å². The largest absolute Gasteiger partial charge is 0.497 e. The number of benzene rings is 2. The second-order valence-electron chi connectivity index (χ2n) is 9.68. The molecular formula is C29H38N4O6. The van der Waals surface area contributed by atoms with Gasteiger partial charge in [0, 0.05) is 51.3 Å². The van der Waals surface area contributed by atoms with E-state index in [9.17, 15) is 9.59 Å². The van der Waals surface area contributed by atoms with E-state index in [2.05, 4.69) is 4.90 Å². The summed E-state index contributed by atoms with van der Waals surface area (Å²) in [7, 11) is 4.68. The van der Waals surface area contributed by atoms with Crippen molar-refractivity contribution in [2.24, 2.45) is 5.10 Å². The Bertz CT molecular complexity index is 1160. The predicted molar refractivity (Wildman–Crippen MR) is 147 cm³/mol. The summed E-state index contributed by atoms with van der Waals surface area (Å²) in [6, 6.07) is 13.3. The van der Waals surface area contributed by atoms with E-state index in [0.717, 1.165) is 35.5 Å². The van der Waals surface area contributed by atoms with Gasteiger partial charge in [-0.2, -0.15) is 5.10 Å². The lowest BCUT2D eigenvalue weighted by Crippen LogP contribution is -2.47. The number of nitrogens with zero attached hydrogens (tertiary/aromatic N) is 4. The van der Waals surface area contributed by atoms with Gasteiger partial charge in [-0.3, -0.25) is 14.5 Å². The van der Waals surface area contributed by atoms with Gasteiger partial charge in [0.2, 0.25) is 5.91 Å². The molecule has 0 unspecified atom stereocenters. The first kappa shape index (κ1) is 28.5. The van der Waals surface area contributed by atoms with Crippen LogP contribution in [-0.4, -0.2) is 106 Å². The molecule has 0 radical (unpaired) electrons. The second-order valence-corrected chi connectivity index (χ2v) is 9.68. The third-order valence-corrected chi connectivity index (χ3v) is 7.08. The van der Waals surface area contributed by atoms with E-state index in [1.807, 2.05) is 43.3 Å². The van der Waals surface area contributed by atoms with Crippen LogP contribution in [0.15, 0.2) is 47.6 Å². The van der Waals surface area contributed by atoms with Crippen LogP contribution in [0.3, 0.4) is 0 Å². The lowest BCUT2D eigenvalue weighted by molar-refractivity contribution is -0.143. The number of carbonyl (C=O) groups is 2. The lowest BCUT2D eigenvalue weighted by Gasteiger charge is -2.31. The summed E-state index contributed by atoms with van der Waals surface area (Å²) in [5.74, 6) is 0.804. The van der Waals surface area contributed by atoms with Crippen molar-refractivity contribution >= 4 is 17.5 Å². The number of morpholine rings is 1. The molecule has 0 aromatic heterocycles. The van der Waals surface area contributed by atoms with Crippen LogP contribution in [0.4, 0.5) is 0 Å². The fraction of sp³-hybridized carbons (Fsp3) is 0.483. The zero-order chi connectivity index (χ0) is 27.8. The monoisotopic (exact) mass is 538 g/mol. The molecular weight excluding hydrogens is 500 g/mol. The molecule has 2 amide bonds. The number of hydrazone groups is 1. The normalized spacial score (nSPS) is 17.6. The molecule has 0 spiro atoms. The van der Waals surface area contributed by atoms with Crippen molar-refractivity contribution in [1.29, 1.82) is 0 Å². The standard InChI is InChI=1S/C29H38N4O6/c1-21-5-7-22(8-6-21)26-18-25(24-10-9-23(37-3)17-27(24)38-4)30-33(26)28(34)19-32(29(35)20-36-2)12-11-31-13-15-39-16-14-31/h5-10,17,26H,11-16,18-20H2,1-4H3/t26-/m1/s1. The molecule has 10 heteroatoms. The maximum atomic E-state index is 13.8. The molecule has 2 aliphatic rings. The van der Waals surface area contributed by atoms with Crippen molar-refractivity contribution in [2.45, 2.75) is 19.4 Å². The molecule has 10 nitrogen and oxygen atoms in total. The minimum absolute atomic E-state index is 0.0879. The van der Waals surface area contributed by atoms with Crippen LogP contribution in [0, 0.1) is 6.92 Å². The number of rotatable bonds is 11. The highest BCUT2D eigenvalue weighted by Crippen LogP contribution is 2.36. The number of aryl methyl sites for hydroxylation is 1. The summed E-state index contributed by atoms with van der Waals surface area (Å²) < 4.78 is 21.5. The van der Waals surface area contributed by atoms with Crippen molar-refractivity contribution in [3.63, 3.8) is 0 Å². The fourth-order valence-corrected chi connectivity index (χ4v) is 4.82. The first-order valence-corrected chi connectivity index (χ1v) is 13.2. The van der Waals surface area contributed by atoms with Crippen molar-refractivity contribution in [1.82, 2.24) is 14.8 Å². The topological polar surface area (TPSA) is 93.1 Å². The molecule has 1 fully saturated rings. The molecule has 0 aliphatic carbocycles. The number of ether oxygens (including phenoxy) is 4. The Labute approximate surface area is 230 Å². The Kier molecular flexibility index (Phi) is 9.91. The zero-order valence-electron chi connectivity index (χ0n) is 23.2. The van der Waals surface area contributed by atoms with Gasteiger partial charge in [-0.25, -0.2) is 5.01 Å². The molecule has 2 aliphatic heterocycles. The van der Waals surface area contributed by atoms with Crippen LogP contribution in [0.2, 0.25) is 0 Å². The van der Waals surface area contributed by atoms with Crippen molar-refractivity contribution in [2.75, 3.05) is 73.9 Å². The molecule has 4 rings (SSSR count). The van der Waals surface area contributed by atoms with Crippen molar-refractivity contribution in [3.05, 3.63) is 59.2 Å². The first-order valence-electron chi connectivity index (χ1n) is 13.2. The maximum absolute atomic E-state index is 13.8. The van der Waals surface area contributed by atoms with Crippen LogP contribution in [0.5, 0.6) is 11.5 Å². The van der Waals surface area contributed by atoms with Crippen LogP contribution in [-0.2, 0) is 19.1 Å². The fourth-order valence-electron chi connectivity index (χ4n) is 4.82. The lowest BCUT2D eigenvalue weighted by atomic mass is 9.97. The Morgan fingerprint density at radius 1 is 1.05 bits per heavy atom. The Hall–Kier alpha value is -3.47. The van der Waals surface area contributed by atoms with E-state index < -0.39 is 0 Å². The molecule has 1 atom stereocenters. The Morgan fingerprint density at radius 3 is 2.46 bits per heavy atom. The molecule has 0 saturated carbocycles. The Balaban J connectivity index is 1.59. The van der Waals surface area contributed by atoms with Crippen LogP contribution < -0.4 is 9.47 Å². The third-order valence-electron chi connectivity index (χ3n) is 7.08. The van der Waals surface area contributed by atoms with Crippen LogP contribution >= 0.6 is 0 Å². The van der Waals surface area contributed by atoms with E-state index in [1.54, 1.807) is 25.2 Å². The molecule has 39 heavy (non-hydrogen) atoms. The van der Waals surface area contributed by atoms with Gasteiger partial charge >= 0.3 is 0 Å². The minimum atomic E-state index is -0.307. The quantitative estimate of drug-likeness (QED) is 0.434. The third kappa shape index (κ3) is 7.14. The summed E-state index contributed by atoms with van der Waals surface area (Å²) in [6.45, 7) is 5.87. The highest BCUT2D eigenvalue weighted by atomic mass is 16.5. The number of hydrogen-bond donors (Lipinski definition) is 0. The molecule has 2 aromatic rings. The average Bonchev–Trinajstić information content (AvgIpc) is 3.41. The number of hydrogen-bond acceptors (Lipinski definition) is 8. The molecule has 210 valence electrons. The van der Waals surface area contributed by atoms with E-state index in [1.165, 1.54) is 12.1 Å². The van der Waals surface area contributed by atoms with Gasteiger partial charge in [-0.15, -0.1) is 0 Å². The van der Waals surface area contributed by atoms with Gasteiger partial charge in [0.05, 0.1) is 39.2 Å². The smallest absolute Gasteiger partial charge is 0.262 e. The SMILES string of the molecule is COCC(=O)N(CCN1CCOCC1)CC(=O)N1N=C(c2ccc(OC)cc2OC)C[C@@H]1c1ccc(C)cc1. The van der Waals surface area contributed by atoms with Gasteiger partial charge < -0.3 is 23.8 Å². The predicted octanol–water partition coefficient (Wildman–Crippen LogP) is 2.50. The number of methoxy groups -OCH3 is 3. The molecule has 2 heterocycles. The molecule has 0 N–H and O–H groups in total. The van der Waals surface area contributed by atoms with Gasteiger partial charge in [0.15, 0.2) is 0 Å². The minimum Gasteiger partial charge on any atom is -0.497 e. The first-order chi connectivity index (χ1) is 18.9. The highest BCUT2D eigenvalue weighted by molar-refractivity contribution is 6.05. The zero-order valence-corrected chi connectivity index (χ0v) is 23.2. The van der Waals surface area contributed by atoms with Crippen molar-refractivity contribution in [3.8, 4) is 11.5 Å². The molecule has 0 bridgehead atoms. The summed E-state index contributed by atoms with van der Waals surface area (Å²) in [4.78, 5) is 30.5. The average molecular weight is 539 g/mol. The highest BCUT2D eigenvalue weighted by Gasteiger charge is 2.35. The maximum Gasteiger partial charge on any atom is 0.262 e. The van der Waals surface area contributed by atoms with Gasteiger partial charge in [-0.1, -0.05) is 29.8 Å². The van der Waals surface area contributed by atoms with Gasteiger partial charge in [0.1, 0.15) is 24.7 Å². The van der Waals surface area contributed by atoms with E-state index in [4.69, 9.17) is 24.0 Å². The second kappa shape index (κ2) is 13.5. The van der Waals surface area contributed by atoms with E-state index in [0.29, 0.717) is 44.2 Å². The number of carbonyl (C=O) groups excluding carboxylic acids is 2. The van der Waals surface area contributed by atoms with E-state index in [-0.39, 0.29) is 31.0 Å². The summed E-state index contributed by atoms with van der Waals surface area (Å²) in [5.41, 5.74) is 3.64. The van der Waals surface area contributed by atoms with Gasteiger partial charge in [-0.05, 0) is 24.6 Å². The van der Waals surface area contributed by atoms with Crippen LogP contribution in [0.25, 0.3) is 0 Å². The molecule has 1 saturated heterocycles. The number of amides is 2. The summed E-state index contributed by atoms with van der Waals surface area (Å²) in [5, 5.41) is 6.31. The van der Waals surface area contributed by atoms with Gasteiger partial charge in [0.25, 0.3) is 5.91 Å².